The van der Waals surface area contributed by atoms with Crippen molar-refractivity contribution >= 4 is 0 Å². The molecular formula is C24H37NO7. The molecule has 0 radical (unpaired) electrons. The normalized spacial score (nSPS) is 66.5. The van der Waals surface area contributed by atoms with E-state index in [1.165, 1.54) is 0 Å². The minimum absolute atomic E-state index is 0.0582. The first-order chi connectivity index (χ1) is 15.2. The molecule has 0 aromatic heterocycles. The third-order valence-electron chi connectivity index (χ3n) is 11.7. The van der Waals surface area contributed by atoms with Crippen molar-refractivity contribution in [1.82, 2.24) is 4.90 Å². The summed E-state index contributed by atoms with van der Waals surface area (Å²) in [5.41, 5.74) is -4.21. The highest BCUT2D eigenvalue weighted by molar-refractivity contribution is 5.46. The molecule has 7 unspecified atom stereocenters. The number of aliphatic hydroxyl groups excluding tert-OH is 2. The van der Waals surface area contributed by atoms with Gasteiger partial charge in [-0.25, -0.2) is 0 Å². The number of ether oxygens (including phenoxy) is 4. The average molecular weight is 452 g/mol. The molecule has 13 atom stereocenters. The Labute approximate surface area is 189 Å². The molecule has 7 aliphatic rings. The van der Waals surface area contributed by atoms with E-state index >= 15 is 0 Å². The van der Waals surface area contributed by atoms with Crippen molar-refractivity contribution in [3.63, 3.8) is 0 Å². The summed E-state index contributed by atoms with van der Waals surface area (Å²) in [4.78, 5) is 2.43. The van der Waals surface area contributed by atoms with Gasteiger partial charge in [0, 0.05) is 44.9 Å². The van der Waals surface area contributed by atoms with Crippen molar-refractivity contribution < 1.29 is 34.3 Å². The van der Waals surface area contributed by atoms with Crippen LogP contribution in [0.5, 0.6) is 0 Å². The molecule has 180 valence electrons. The summed E-state index contributed by atoms with van der Waals surface area (Å²) in [6.07, 6.45) is 0.630. The largest absolute Gasteiger partial charge is 0.392 e. The second-order valence-corrected chi connectivity index (χ2v) is 12.1. The second kappa shape index (κ2) is 5.90. The first-order valence-corrected chi connectivity index (χ1v) is 12.4. The third kappa shape index (κ3) is 1.68. The minimum atomic E-state index is -1.25. The maximum absolute atomic E-state index is 13.0. The maximum atomic E-state index is 13.0. The first-order valence-electron chi connectivity index (χ1n) is 12.4. The molecule has 2 saturated heterocycles. The lowest BCUT2D eigenvalue weighted by Gasteiger charge is -2.71. The van der Waals surface area contributed by atoms with E-state index < -0.39 is 40.3 Å². The van der Waals surface area contributed by atoms with E-state index in [1.807, 2.05) is 0 Å². The molecule has 5 aliphatic carbocycles. The fourth-order valence-electron chi connectivity index (χ4n) is 11.2. The molecule has 8 heteroatoms. The molecular weight excluding hydrogens is 414 g/mol. The highest BCUT2D eigenvalue weighted by Crippen LogP contribution is 2.83. The van der Waals surface area contributed by atoms with Crippen LogP contribution in [0.15, 0.2) is 0 Å². The van der Waals surface area contributed by atoms with Gasteiger partial charge in [0.15, 0.2) is 0 Å². The quantitative estimate of drug-likeness (QED) is 0.557. The van der Waals surface area contributed by atoms with Crippen LogP contribution in [-0.4, -0.2) is 102 Å². The van der Waals surface area contributed by atoms with Gasteiger partial charge >= 0.3 is 0 Å². The summed E-state index contributed by atoms with van der Waals surface area (Å²) in [5.74, 6) is -0.904. The zero-order valence-electron chi connectivity index (χ0n) is 19.5. The Bertz CT molecular complexity index is 858. The standard InChI is InChI=1S/C24H37NO7/c1-5-25-10-20(2)7-6-14(30-4)23-17(20)18(27)24(19(23)25)22(31-11-32-24)9-13(29-3)12-8-21(23,28)16(22)15(12)26/h12-19,26-28H,5-11H2,1-4H3/t12-,13+,14+,15?,16?,17?,18?,19?,20?,21+,22-,23-,24?/m1/s1. The monoisotopic (exact) mass is 451 g/mol. The van der Waals surface area contributed by atoms with Crippen LogP contribution >= 0.6 is 0 Å². The number of nitrogens with zero attached hydrogens (tertiary/aromatic N) is 1. The summed E-state index contributed by atoms with van der Waals surface area (Å²) in [6.45, 7) is 6.13. The van der Waals surface area contributed by atoms with Crippen molar-refractivity contribution in [2.75, 3.05) is 34.1 Å². The molecule has 8 nitrogen and oxygen atoms in total. The van der Waals surface area contributed by atoms with Gasteiger partial charge in [0.05, 0.1) is 41.5 Å². The van der Waals surface area contributed by atoms with Crippen LogP contribution < -0.4 is 0 Å². The van der Waals surface area contributed by atoms with E-state index in [1.54, 1.807) is 14.2 Å². The number of likely N-dealkylation sites (tertiary alicyclic amines) is 1. The molecule has 2 aliphatic heterocycles. The van der Waals surface area contributed by atoms with Crippen LogP contribution in [0.4, 0.5) is 0 Å². The summed E-state index contributed by atoms with van der Waals surface area (Å²) >= 11 is 0. The Morgan fingerprint density at radius 2 is 1.88 bits per heavy atom. The van der Waals surface area contributed by atoms with Crippen molar-refractivity contribution in [3.8, 4) is 0 Å². The third-order valence-corrected chi connectivity index (χ3v) is 11.7. The van der Waals surface area contributed by atoms with E-state index in [9.17, 15) is 15.3 Å². The molecule has 7 fully saturated rings. The lowest BCUT2D eigenvalue weighted by molar-refractivity contribution is -0.331. The van der Waals surface area contributed by atoms with Gasteiger partial charge in [-0.15, -0.1) is 0 Å². The topological polar surface area (TPSA) is 101 Å². The Morgan fingerprint density at radius 1 is 1.09 bits per heavy atom. The fourth-order valence-corrected chi connectivity index (χ4v) is 11.2. The number of aliphatic hydroxyl groups is 3. The molecule has 0 aromatic rings. The van der Waals surface area contributed by atoms with Crippen LogP contribution in [0.2, 0.25) is 0 Å². The molecule has 0 amide bonds. The van der Waals surface area contributed by atoms with E-state index in [-0.39, 0.29) is 42.3 Å². The van der Waals surface area contributed by atoms with Gasteiger partial charge in [-0.3, -0.25) is 4.90 Å². The van der Waals surface area contributed by atoms with Crippen molar-refractivity contribution in [3.05, 3.63) is 0 Å². The summed E-state index contributed by atoms with van der Waals surface area (Å²) < 4.78 is 25.2. The fraction of sp³-hybridized carbons (Fsp3) is 1.00. The van der Waals surface area contributed by atoms with Crippen LogP contribution in [0.25, 0.3) is 0 Å². The van der Waals surface area contributed by atoms with Crippen LogP contribution in [0.1, 0.15) is 39.5 Å². The minimum Gasteiger partial charge on any atom is -0.392 e. The predicted molar refractivity (Wildman–Crippen MR) is 112 cm³/mol. The first kappa shape index (κ1) is 21.0. The van der Waals surface area contributed by atoms with E-state index in [0.717, 1.165) is 25.9 Å². The van der Waals surface area contributed by atoms with Crippen molar-refractivity contribution in [1.29, 1.82) is 0 Å². The summed E-state index contributed by atoms with van der Waals surface area (Å²) in [5, 5.41) is 37.0. The highest BCUT2D eigenvalue weighted by atomic mass is 16.7. The van der Waals surface area contributed by atoms with Crippen LogP contribution in [-0.2, 0) is 18.9 Å². The molecule has 7 bridgehead atoms. The van der Waals surface area contributed by atoms with Gasteiger partial charge in [-0.05, 0) is 31.2 Å². The Kier molecular flexibility index (Phi) is 3.87. The van der Waals surface area contributed by atoms with Gasteiger partial charge in [-0.1, -0.05) is 13.8 Å². The van der Waals surface area contributed by atoms with Gasteiger partial charge in [0.25, 0.3) is 0 Å². The lowest BCUT2D eigenvalue weighted by Crippen LogP contribution is -2.85. The van der Waals surface area contributed by atoms with Crippen molar-refractivity contribution in [2.24, 2.45) is 28.6 Å². The molecule has 5 saturated carbocycles. The lowest BCUT2D eigenvalue weighted by atomic mass is 9.41. The number of piperidine rings is 1. The van der Waals surface area contributed by atoms with Crippen molar-refractivity contribution in [2.45, 2.75) is 86.8 Å². The number of rotatable bonds is 3. The maximum Gasteiger partial charge on any atom is 0.148 e. The summed E-state index contributed by atoms with van der Waals surface area (Å²) in [7, 11) is 3.40. The zero-order valence-corrected chi connectivity index (χ0v) is 19.5. The summed E-state index contributed by atoms with van der Waals surface area (Å²) in [6, 6.07) is -0.247. The van der Waals surface area contributed by atoms with Crippen LogP contribution in [0, 0.1) is 28.6 Å². The van der Waals surface area contributed by atoms with Gasteiger partial charge in [0.1, 0.15) is 18.0 Å². The molecule has 3 spiro atoms. The number of likely N-dealkylation sites (N-methyl/N-ethyl adjacent to an activating group) is 1. The zero-order chi connectivity index (χ0) is 22.5. The molecule has 3 N–H and O–H groups in total. The second-order valence-electron chi connectivity index (χ2n) is 12.1. The highest BCUT2D eigenvalue weighted by Gasteiger charge is 2.96. The average Bonchev–Trinajstić information content (AvgIpc) is 3.29. The predicted octanol–water partition coefficient (Wildman–Crippen LogP) is 0.125. The number of hydrogen-bond donors (Lipinski definition) is 3. The number of methoxy groups -OCH3 is 2. The Balaban J connectivity index is 1.60. The van der Waals surface area contributed by atoms with Crippen LogP contribution in [0.3, 0.4) is 0 Å². The van der Waals surface area contributed by atoms with E-state index in [4.69, 9.17) is 18.9 Å². The number of hydrogen-bond acceptors (Lipinski definition) is 8. The molecule has 0 aromatic carbocycles. The van der Waals surface area contributed by atoms with E-state index in [0.29, 0.717) is 12.8 Å². The molecule has 32 heavy (non-hydrogen) atoms. The van der Waals surface area contributed by atoms with E-state index in [2.05, 4.69) is 18.7 Å². The van der Waals surface area contributed by atoms with Gasteiger partial charge in [-0.2, -0.15) is 0 Å². The molecule has 2 heterocycles. The molecule has 7 rings (SSSR count). The smallest absolute Gasteiger partial charge is 0.148 e. The number of fused-ring (bicyclic) bond motifs is 1. The van der Waals surface area contributed by atoms with Gasteiger partial charge < -0.3 is 34.3 Å². The Hall–Kier alpha value is -0.320. The Morgan fingerprint density at radius 3 is 2.56 bits per heavy atom. The van der Waals surface area contributed by atoms with Gasteiger partial charge in [0.2, 0.25) is 0 Å². The SMILES string of the molecule is CCN1CC2(C)CC[C@H](OC)[C@]34C2C(O)C2(OCO[C@@]25C[C@H](OC)[C@H]2C[C@]3(O)C5C2O)C14.